The van der Waals surface area contributed by atoms with Gasteiger partial charge in [0.1, 0.15) is 0 Å². The number of pyridine rings is 1. The lowest BCUT2D eigenvalue weighted by Crippen LogP contribution is -2.29. The number of halogens is 3. The van der Waals surface area contributed by atoms with Gasteiger partial charge in [-0.3, -0.25) is 9.78 Å². The van der Waals surface area contributed by atoms with Gasteiger partial charge in [0.2, 0.25) is 0 Å². The van der Waals surface area contributed by atoms with Crippen LogP contribution in [-0.4, -0.2) is 17.1 Å². The fourth-order valence-corrected chi connectivity index (χ4v) is 0.639. The molecule has 70 valence electrons. The van der Waals surface area contributed by atoms with E-state index in [4.69, 9.17) is 0 Å². The molecule has 0 aliphatic heterocycles. The topological polar surface area (TPSA) is 42.0 Å². The molecule has 0 aliphatic rings. The Kier molecular flexibility index (Phi) is 2.50. The first kappa shape index (κ1) is 9.50. The first-order valence-electron chi connectivity index (χ1n) is 3.28. The van der Waals surface area contributed by atoms with Gasteiger partial charge < -0.3 is 5.32 Å². The summed E-state index contributed by atoms with van der Waals surface area (Å²) >= 11 is 0. The highest BCUT2D eigenvalue weighted by molar-refractivity contribution is 5.94. The second kappa shape index (κ2) is 3.42. The van der Waals surface area contributed by atoms with Crippen LogP contribution in [0.25, 0.3) is 0 Å². The van der Waals surface area contributed by atoms with Gasteiger partial charge in [-0.25, -0.2) is 0 Å². The lowest BCUT2D eigenvalue weighted by molar-refractivity contribution is -0.167. The summed E-state index contributed by atoms with van der Waals surface area (Å²) in [7, 11) is 0. The van der Waals surface area contributed by atoms with Gasteiger partial charge in [0.15, 0.2) is 0 Å². The molecular weight excluding hydrogens is 185 g/mol. The summed E-state index contributed by atoms with van der Waals surface area (Å²) in [5, 5.41) is 1.66. The maximum absolute atomic E-state index is 11.7. The van der Waals surface area contributed by atoms with E-state index in [2.05, 4.69) is 4.98 Å². The fourth-order valence-electron chi connectivity index (χ4n) is 0.639. The number of amides is 1. The Labute approximate surface area is 71.6 Å². The van der Waals surface area contributed by atoms with E-state index >= 15 is 0 Å². The van der Waals surface area contributed by atoms with Crippen LogP contribution in [0, 0.1) is 0 Å². The Hall–Kier alpha value is -1.59. The summed E-state index contributed by atoms with van der Waals surface area (Å²) < 4.78 is 35.1. The number of hydrogen-bond acceptors (Lipinski definition) is 2. The zero-order valence-corrected chi connectivity index (χ0v) is 6.30. The third-order valence-electron chi connectivity index (χ3n) is 1.18. The zero-order valence-electron chi connectivity index (χ0n) is 6.30. The van der Waals surface area contributed by atoms with Gasteiger partial charge in [-0.1, -0.05) is 0 Å². The first-order chi connectivity index (χ1) is 6.00. The molecule has 0 aromatic carbocycles. The molecule has 1 heterocycles. The van der Waals surface area contributed by atoms with Crippen molar-refractivity contribution in [2.24, 2.45) is 0 Å². The van der Waals surface area contributed by atoms with E-state index in [9.17, 15) is 18.0 Å². The summed E-state index contributed by atoms with van der Waals surface area (Å²) in [4.78, 5) is 13.9. The van der Waals surface area contributed by atoms with Crippen LogP contribution in [0.2, 0.25) is 0 Å². The summed E-state index contributed by atoms with van der Waals surface area (Å²) in [5.41, 5.74) is 0.0184. The molecule has 0 bridgehead atoms. The Balaban J connectivity index is 2.66. The third-order valence-corrected chi connectivity index (χ3v) is 1.18. The Morgan fingerprint density at radius 2 is 2.15 bits per heavy atom. The highest BCUT2D eigenvalue weighted by Crippen LogP contribution is 2.17. The van der Waals surface area contributed by atoms with E-state index in [1.807, 2.05) is 0 Å². The van der Waals surface area contributed by atoms with Gasteiger partial charge in [-0.2, -0.15) is 13.2 Å². The summed E-state index contributed by atoms with van der Waals surface area (Å²) in [5.74, 6) is -2.00. The second-order valence-corrected chi connectivity index (χ2v) is 2.19. The van der Waals surface area contributed by atoms with Crippen molar-refractivity contribution in [1.29, 1.82) is 0 Å². The maximum atomic E-state index is 11.7. The molecule has 1 rings (SSSR count). The van der Waals surface area contributed by atoms with Crippen molar-refractivity contribution >= 4 is 11.6 Å². The molecule has 0 radical (unpaired) electrons. The Bertz CT molecular complexity index is 296. The van der Waals surface area contributed by atoms with Crippen molar-refractivity contribution in [3.63, 3.8) is 0 Å². The molecular formula is C7H5F3N2O. The lowest BCUT2D eigenvalue weighted by Gasteiger charge is -2.06. The van der Waals surface area contributed by atoms with Crippen LogP contribution < -0.4 is 5.32 Å². The van der Waals surface area contributed by atoms with Crippen molar-refractivity contribution in [1.82, 2.24) is 4.98 Å². The smallest absolute Gasteiger partial charge is 0.317 e. The van der Waals surface area contributed by atoms with Crippen molar-refractivity contribution in [2.45, 2.75) is 6.18 Å². The second-order valence-electron chi connectivity index (χ2n) is 2.19. The summed E-state index contributed by atoms with van der Waals surface area (Å²) in [6.07, 6.45) is -2.34. The number of aromatic nitrogens is 1. The number of nitrogens with zero attached hydrogens (tertiary/aromatic N) is 1. The number of anilines is 1. The molecule has 13 heavy (non-hydrogen) atoms. The minimum atomic E-state index is -4.87. The van der Waals surface area contributed by atoms with Crippen molar-refractivity contribution < 1.29 is 18.0 Å². The number of carbonyl (C=O) groups excluding carboxylic acids is 1. The predicted molar refractivity (Wildman–Crippen MR) is 38.9 cm³/mol. The van der Waals surface area contributed by atoms with E-state index in [-0.39, 0.29) is 5.69 Å². The highest BCUT2D eigenvalue weighted by Gasteiger charge is 2.38. The zero-order chi connectivity index (χ0) is 9.90. The maximum Gasteiger partial charge on any atom is 0.471 e. The standard InChI is InChI=1S/C7H5F3N2O/c8-7(9,10)6(13)12-5-2-1-3-11-4-5/h1-4H,(H,12,13). The van der Waals surface area contributed by atoms with Gasteiger partial charge in [0.05, 0.1) is 11.9 Å². The third kappa shape index (κ3) is 2.73. The van der Waals surface area contributed by atoms with Crippen LogP contribution in [0.5, 0.6) is 0 Å². The SMILES string of the molecule is O=C(Nc1cccnc1)C(F)(F)F. The van der Waals surface area contributed by atoms with Crippen LogP contribution in [-0.2, 0) is 4.79 Å². The van der Waals surface area contributed by atoms with Crippen molar-refractivity contribution in [3.05, 3.63) is 24.5 Å². The first-order valence-corrected chi connectivity index (χ1v) is 3.28. The quantitative estimate of drug-likeness (QED) is 0.730. The number of rotatable bonds is 1. The predicted octanol–water partition coefficient (Wildman–Crippen LogP) is 1.58. The minimum Gasteiger partial charge on any atom is -0.317 e. The van der Waals surface area contributed by atoms with Crippen LogP contribution in [0.1, 0.15) is 0 Å². The molecule has 0 unspecified atom stereocenters. The van der Waals surface area contributed by atoms with Crippen molar-refractivity contribution in [3.8, 4) is 0 Å². The van der Waals surface area contributed by atoms with Gasteiger partial charge >= 0.3 is 12.1 Å². The largest absolute Gasteiger partial charge is 0.471 e. The number of hydrogen-bond donors (Lipinski definition) is 1. The van der Waals surface area contributed by atoms with Gasteiger partial charge in [0.25, 0.3) is 0 Å². The molecule has 0 saturated carbocycles. The van der Waals surface area contributed by atoms with E-state index < -0.39 is 12.1 Å². The minimum absolute atomic E-state index is 0.0184. The molecule has 0 spiro atoms. The summed E-state index contributed by atoms with van der Waals surface area (Å²) in [6, 6.07) is 2.74. The van der Waals surface area contributed by atoms with E-state index in [1.165, 1.54) is 18.3 Å². The molecule has 1 aromatic rings. The molecule has 0 saturated heterocycles. The molecule has 1 N–H and O–H groups in total. The highest BCUT2D eigenvalue weighted by atomic mass is 19.4. The van der Waals surface area contributed by atoms with Crippen molar-refractivity contribution in [2.75, 3.05) is 5.32 Å². The normalized spacial score (nSPS) is 11.0. The molecule has 1 aromatic heterocycles. The molecule has 3 nitrogen and oxygen atoms in total. The van der Waals surface area contributed by atoms with E-state index in [0.29, 0.717) is 0 Å². The van der Waals surface area contributed by atoms with Crippen LogP contribution in [0.3, 0.4) is 0 Å². The van der Waals surface area contributed by atoms with Gasteiger partial charge in [0, 0.05) is 6.20 Å². The molecule has 0 atom stereocenters. The average molecular weight is 190 g/mol. The summed E-state index contributed by atoms with van der Waals surface area (Å²) in [6.45, 7) is 0. The molecule has 0 aliphatic carbocycles. The van der Waals surface area contributed by atoms with Crippen LogP contribution in [0.4, 0.5) is 18.9 Å². The molecule has 1 amide bonds. The Morgan fingerprint density at radius 1 is 1.46 bits per heavy atom. The Morgan fingerprint density at radius 3 is 2.62 bits per heavy atom. The van der Waals surface area contributed by atoms with Gasteiger partial charge in [-0.15, -0.1) is 0 Å². The average Bonchev–Trinajstić information content (AvgIpc) is 2.04. The van der Waals surface area contributed by atoms with E-state index in [0.717, 1.165) is 6.20 Å². The fraction of sp³-hybridized carbons (Fsp3) is 0.143. The molecule has 0 fully saturated rings. The van der Waals surface area contributed by atoms with E-state index in [1.54, 1.807) is 5.32 Å². The number of nitrogens with one attached hydrogen (secondary N) is 1. The molecule has 6 heteroatoms. The lowest BCUT2D eigenvalue weighted by atomic mass is 10.4. The number of alkyl halides is 3. The monoisotopic (exact) mass is 190 g/mol. The number of carbonyl (C=O) groups is 1. The van der Waals surface area contributed by atoms with Crippen LogP contribution >= 0.6 is 0 Å². The van der Waals surface area contributed by atoms with Gasteiger partial charge in [-0.05, 0) is 12.1 Å². The van der Waals surface area contributed by atoms with Crippen LogP contribution in [0.15, 0.2) is 24.5 Å².